The molecule has 1 aliphatic rings. The zero-order valence-electron chi connectivity index (χ0n) is 10.1. The van der Waals surface area contributed by atoms with Crippen LogP contribution in [0.4, 0.5) is 0 Å². The first-order valence-electron chi connectivity index (χ1n) is 5.84. The smallest absolute Gasteiger partial charge is 0.326 e. The molecule has 0 spiro atoms. The fraction of sp³-hybridized carbons (Fsp3) is 0.385. The minimum absolute atomic E-state index is 0.0481. The second kappa shape index (κ2) is 4.68. The number of rotatable bonds is 2. The Kier molecular flexibility index (Phi) is 3.23. The number of phenolic OH excluding ortho intramolecular Hbond substituents is 1. The van der Waals surface area contributed by atoms with Gasteiger partial charge in [-0.05, 0) is 37.5 Å². The zero-order chi connectivity index (χ0) is 13.3. The Labute approximate surface area is 105 Å². The molecule has 1 aliphatic heterocycles. The number of phenols is 1. The lowest BCUT2D eigenvalue weighted by atomic mass is 10.1. The van der Waals surface area contributed by atoms with Crippen molar-refractivity contribution in [1.82, 2.24) is 4.90 Å². The van der Waals surface area contributed by atoms with Crippen LogP contribution in [0.5, 0.6) is 5.75 Å². The molecule has 0 saturated carbocycles. The number of aliphatic carboxylic acids is 1. The molecule has 1 aromatic carbocycles. The third-order valence-corrected chi connectivity index (χ3v) is 3.25. The molecule has 1 atom stereocenters. The van der Waals surface area contributed by atoms with Gasteiger partial charge in [0.2, 0.25) is 0 Å². The number of carboxylic acids is 1. The van der Waals surface area contributed by atoms with Gasteiger partial charge in [0.1, 0.15) is 11.8 Å². The van der Waals surface area contributed by atoms with Gasteiger partial charge in [-0.1, -0.05) is 6.07 Å². The standard InChI is InChI=1S/C13H15NO4/c1-8-4-5-9(7-11(8)15)12(16)14-6-2-3-10(14)13(17)18/h4-5,7,10,15H,2-3,6H2,1H3,(H,17,18)/t10-/m0/s1. The van der Waals surface area contributed by atoms with E-state index in [1.165, 1.54) is 11.0 Å². The molecule has 18 heavy (non-hydrogen) atoms. The van der Waals surface area contributed by atoms with Crippen LogP contribution < -0.4 is 0 Å². The summed E-state index contributed by atoms with van der Waals surface area (Å²) in [4.78, 5) is 24.6. The molecule has 1 aromatic rings. The molecule has 1 heterocycles. The summed E-state index contributed by atoms with van der Waals surface area (Å²) < 4.78 is 0. The fourth-order valence-electron chi connectivity index (χ4n) is 2.17. The number of nitrogens with zero attached hydrogens (tertiary/aromatic N) is 1. The summed E-state index contributed by atoms with van der Waals surface area (Å²) in [5.41, 5.74) is 1.01. The average molecular weight is 249 g/mol. The highest BCUT2D eigenvalue weighted by Crippen LogP contribution is 2.23. The normalized spacial score (nSPS) is 18.9. The number of carbonyl (C=O) groups is 2. The number of likely N-dealkylation sites (tertiary alicyclic amines) is 1. The number of aryl methyl sites for hydroxylation is 1. The lowest BCUT2D eigenvalue weighted by molar-refractivity contribution is -0.141. The molecule has 0 aromatic heterocycles. The molecule has 2 N–H and O–H groups in total. The lowest BCUT2D eigenvalue weighted by Crippen LogP contribution is -2.40. The monoisotopic (exact) mass is 249 g/mol. The Bertz CT molecular complexity index is 498. The Morgan fingerprint density at radius 2 is 2.11 bits per heavy atom. The van der Waals surface area contributed by atoms with Gasteiger partial charge in [0.05, 0.1) is 0 Å². The Hall–Kier alpha value is -2.04. The summed E-state index contributed by atoms with van der Waals surface area (Å²) in [6.45, 7) is 2.18. The second-order valence-electron chi connectivity index (χ2n) is 4.50. The molecule has 96 valence electrons. The van der Waals surface area contributed by atoms with Crippen molar-refractivity contribution in [2.24, 2.45) is 0 Å². The van der Waals surface area contributed by atoms with Crippen molar-refractivity contribution in [3.05, 3.63) is 29.3 Å². The first kappa shape index (κ1) is 12.4. The van der Waals surface area contributed by atoms with E-state index in [4.69, 9.17) is 5.11 Å². The van der Waals surface area contributed by atoms with Crippen LogP contribution in [0.25, 0.3) is 0 Å². The number of hydrogen-bond donors (Lipinski definition) is 2. The minimum Gasteiger partial charge on any atom is -0.508 e. The van der Waals surface area contributed by atoms with Gasteiger partial charge in [-0.3, -0.25) is 4.79 Å². The number of aromatic hydroxyl groups is 1. The first-order chi connectivity index (χ1) is 8.50. The van der Waals surface area contributed by atoms with Gasteiger partial charge >= 0.3 is 5.97 Å². The molecule has 1 amide bonds. The van der Waals surface area contributed by atoms with Gasteiger partial charge in [0, 0.05) is 12.1 Å². The minimum atomic E-state index is -0.975. The molecular formula is C13H15NO4. The van der Waals surface area contributed by atoms with E-state index >= 15 is 0 Å². The SMILES string of the molecule is Cc1ccc(C(=O)N2CCC[C@H]2C(=O)O)cc1O. The lowest BCUT2D eigenvalue weighted by Gasteiger charge is -2.21. The molecule has 1 saturated heterocycles. The highest BCUT2D eigenvalue weighted by Gasteiger charge is 2.34. The number of amides is 1. The van der Waals surface area contributed by atoms with Gasteiger partial charge in [0.15, 0.2) is 0 Å². The molecule has 5 heteroatoms. The van der Waals surface area contributed by atoms with Gasteiger partial charge in [-0.15, -0.1) is 0 Å². The molecule has 0 bridgehead atoms. The Balaban J connectivity index is 2.25. The highest BCUT2D eigenvalue weighted by atomic mass is 16.4. The van der Waals surface area contributed by atoms with E-state index in [0.717, 1.165) is 0 Å². The summed E-state index contributed by atoms with van der Waals surface area (Å²) in [6.07, 6.45) is 1.18. The molecule has 5 nitrogen and oxygen atoms in total. The van der Waals surface area contributed by atoms with Crippen molar-refractivity contribution >= 4 is 11.9 Å². The largest absolute Gasteiger partial charge is 0.508 e. The van der Waals surface area contributed by atoms with Crippen molar-refractivity contribution in [3.63, 3.8) is 0 Å². The molecular weight excluding hydrogens is 234 g/mol. The molecule has 2 rings (SSSR count). The first-order valence-corrected chi connectivity index (χ1v) is 5.84. The quantitative estimate of drug-likeness (QED) is 0.830. The maximum atomic E-state index is 12.2. The summed E-state index contributed by atoms with van der Waals surface area (Å²) in [6, 6.07) is 3.89. The van der Waals surface area contributed by atoms with Crippen LogP contribution in [0.15, 0.2) is 18.2 Å². The molecule has 0 radical (unpaired) electrons. The van der Waals surface area contributed by atoms with Crippen LogP contribution in [-0.4, -0.2) is 39.6 Å². The predicted octanol–water partition coefficient (Wildman–Crippen LogP) is 1.39. The van der Waals surface area contributed by atoms with Crippen LogP contribution in [-0.2, 0) is 4.79 Å². The van der Waals surface area contributed by atoms with E-state index in [9.17, 15) is 14.7 Å². The highest BCUT2D eigenvalue weighted by molar-refractivity contribution is 5.97. The summed E-state index contributed by atoms with van der Waals surface area (Å²) in [7, 11) is 0. The number of hydrogen-bond acceptors (Lipinski definition) is 3. The molecule has 0 unspecified atom stereocenters. The van der Waals surface area contributed by atoms with Crippen LogP contribution >= 0.6 is 0 Å². The van der Waals surface area contributed by atoms with E-state index in [2.05, 4.69) is 0 Å². The van der Waals surface area contributed by atoms with Crippen LogP contribution in [0.1, 0.15) is 28.8 Å². The fourth-order valence-corrected chi connectivity index (χ4v) is 2.17. The third-order valence-electron chi connectivity index (χ3n) is 3.25. The summed E-state index contributed by atoms with van der Waals surface area (Å²) in [5.74, 6) is -1.26. The number of carbonyl (C=O) groups excluding carboxylic acids is 1. The van der Waals surface area contributed by atoms with Crippen LogP contribution in [0.3, 0.4) is 0 Å². The predicted molar refractivity (Wildman–Crippen MR) is 64.5 cm³/mol. The Morgan fingerprint density at radius 1 is 1.39 bits per heavy atom. The maximum absolute atomic E-state index is 12.2. The average Bonchev–Trinajstić information content (AvgIpc) is 2.81. The van der Waals surface area contributed by atoms with E-state index in [1.54, 1.807) is 19.1 Å². The molecule has 1 fully saturated rings. The zero-order valence-corrected chi connectivity index (χ0v) is 10.1. The molecule has 0 aliphatic carbocycles. The van der Waals surface area contributed by atoms with Gasteiger partial charge in [-0.2, -0.15) is 0 Å². The Morgan fingerprint density at radius 3 is 2.72 bits per heavy atom. The van der Waals surface area contributed by atoms with Gasteiger partial charge in [0.25, 0.3) is 5.91 Å². The van der Waals surface area contributed by atoms with E-state index in [0.29, 0.717) is 30.5 Å². The summed E-state index contributed by atoms with van der Waals surface area (Å²) >= 11 is 0. The van der Waals surface area contributed by atoms with Gasteiger partial charge < -0.3 is 15.1 Å². The van der Waals surface area contributed by atoms with E-state index in [-0.39, 0.29) is 11.7 Å². The topological polar surface area (TPSA) is 77.8 Å². The van der Waals surface area contributed by atoms with Gasteiger partial charge in [-0.25, -0.2) is 4.79 Å². The van der Waals surface area contributed by atoms with Crippen molar-refractivity contribution in [3.8, 4) is 5.75 Å². The van der Waals surface area contributed by atoms with Crippen LogP contribution in [0, 0.1) is 6.92 Å². The van der Waals surface area contributed by atoms with Crippen molar-refractivity contribution in [2.45, 2.75) is 25.8 Å². The van der Waals surface area contributed by atoms with E-state index < -0.39 is 12.0 Å². The maximum Gasteiger partial charge on any atom is 0.326 e. The number of carboxylic acid groups (broad SMARTS) is 1. The van der Waals surface area contributed by atoms with Crippen molar-refractivity contribution in [1.29, 1.82) is 0 Å². The van der Waals surface area contributed by atoms with Crippen molar-refractivity contribution in [2.75, 3.05) is 6.54 Å². The summed E-state index contributed by atoms with van der Waals surface area (Å²) in [5, 5.41) is 18.6. The third kappa shape index (κ3) is 2.16. The second-order valence-corrected chi connectivity index (χ2v) is 4.50. The van der Waals surface area contributed by atoms with Crippen molar-refractivity contribution < 1.29 is 19.8 Å². The van der Waals surface area contributed by atoms with E-state index in [1.807, 2.05) is 0 Å². The number of benzene rings is 1. The van der Waals surface area contributed by atoms with Crippen LogP contribution in [0.2, 0.25) is 0 Å².